The van der Waals surface area contributed by atoms with Gasteiger partial charge in [0.15, 0.2) is 11.0 Å². The highest BCUT2D eigenvalue weighted by molar-refractivity contribution is 9.10. The maximum atomic E-state index is 12.8. The van der Waals surface area contributed by atoms with Crippen LogP contribution in [0.15, 0.2) is 58.0 Å². The van der Waals surface area contributed by atoms with Crippen molar-refractivity contribution in [3.63, 3.8) is 0 Å². The molecule has 1 aliphatic heterocycles. The maximum Gasteiger partial charge on any atom is 0.251 e. The predicted octanol–water partition coefficient (Wildman–Crippen LogP) is 3.52. The molecule has 0 unspecified atom stereocenters. The third-order valence-electron chi connectivity index (χ3n) is 3.66. The summed E-state index contributed by atoms with van der Waals surface area (Å²) in [5.41, 5.74) is 2.32. The SMILES string of the molecule is Cc1cccc(N=C[C@H]2C(=O)NC(=S)N(c3ccc(Br)cc3)C2=O)c1. The highest BCUT2D eigenvalue weighted by Gasteiger charge is 2.38. The molecule has 0 saturated carbocycles. The van der Waals surface area contributed by atoms with E-state index in [-0.39, 0.29) is 5.11 Å². The summed E-state index contributed by atoms with van der Waals surface area (Å²) < 4.78 is 0.883. The van der Waals surface area contributed by atoms with Gasteiger partial charge >= 0.3 is 0 Å². The van der Waals surface area contributed by atoms with Crippen molar-refractivity contribution >= 4 is 62.7 Å². The van der Waals surface area contributed by atoms with E-state index < -0.39 is 17.7 Å². The first-order chi connectivity index (χ1) is 12.0. The second kappa shape index (κ2) is 7.25. The van der Waals surface area contributed by atoms with Crippen LogP contribution in [0.5, 0.6) is 0 Å². The molecule has 0 aliphatic carbocycles. The minimum atomic E-state index is -1.03. The number of aryl methyl sites for hydroxylation is 1. The zero-order valence-electron chi connectivity index (χ0n) is 13.3. The van der Waals surface area contributed by atoms with Gasteiger partial charge in [-0.15, -0.1) is 0 Å². The van der Waals surface area contributed by atoms with Gasteiger partial charge in [0.05, 0.1) is 11.4 Å². The van der Waals surface area contributed by atoms with Crippen molar-refractivity contribution in [2.45, 2.75) is 6.92 Å². The van der Waals surface area contributed by atoms with Gasteiger partial charge in [0.1, 0.15) is 0 Å². The zero-order chi connectivity index (χ0) is 18.0. The van der Waals surface area contributed by atoms with Gasteiger partial charge in [-0.05, 0) is 61.1 Å². The number of hydrogen-bond donors (Lipinski definition) is 1. The second-order valence-corrected chi connectivity index (χ2v) is 6.84. The van der Waals surface area contributed by atoms with E-state index >= 15 is 0 Å². The van der Waals surface area contributed by atoms with Crippen LogP contribution in [0.1, 0.15) is 5.56 Å². The van der Waals surface area contributed by atoms with Crippen LogP contribution in [0, 0.1) is 12.8 Å². The maximum absolute atomic E-state index is 12.8. The highest BCUT2D eigenvalue weighted by atomic mass is 79.9. The molecule has 5 nitrogen and oxygen atoms in total. The molecule has 1 atom stereocenters. The molecule has 3 rings (SSSR count). The van der Waals surface area contributed by atoms with Gasteiger partial charge in [0.25, 0.3) is 5.91 Å². The van der Waals surface area contributed by atoms with Gasteiger partial charge in [0.2, 0.25) is 5.91 Å². The summed E-state index contributed by atoms with van der Waals surface area (Å²) in [6.07, 6.45) is 1.36. The molecular formula is C18H14BrN3O2S. The number of thiocarbonyl (C=S) groups is 1. The van der Waals surface area contributed by atoms with Crippen LogP contribution >= 0.6 is 28.1 Å². The molecule has 1 saturated heterocycles. The quantitative estimate of drug-likeness (QED) is 0.473. The summed E-state index contributed by atoms with van der Waals surface area (Å²) in [6.45, 7) is 1.95. The normalized spacial score (nSPS) is 17.9. The Balaban J connectivity index is 1.89. The van der Waals surface area contributed by atoms with Crippen LogP contribution in [0.2, 0.25) is 0 Å². The number of anilines is 1. The topological polar surface area (TPSA) is 61.8 Å². The van der Waals surface area contributed by atoms with Crippen LogP contribution in [0.25, 0.3) is 0 Å². The van der Waals surface area contributed by atoms with E-state index in [2.05, 4.69) is 26.2 Å². The van der Waals surface area contributed by atoms with Gasteiger partial charge in [-0.2, -0.15) is 0 Å². The Morgan fingerprint density at radius 1 is 1.20 bits per heavy atom. The predicted molar refractivity (Wildman–Crippen MR) is 105 cm³/mol. The fourth-order valence-corrected chi connectivity index (χ4v) is 2.99. The number of halogens is 1. The van der Waals surface area contributed by atoms with E-state index in [0.29, 0.717) is 11.4 Å². The summed E-state index contributed by atoms with van der Waals surface area (Å²) in [5, 5.41) is 2.63. The number of aliphatic imine (C=N–C) groups is 1. The van der Waals surface area contributed by atoms with Gasteiger partial charge in [-0.1, -0.05) is 28.1 Å². The number of benzene rings is 2. The molecule has 7 heteroatoms. The van der Waals surface area contributed by atoms with Crippen LogP contribution in [0.4, 0.5) is 11.4 Å². The van der Waals surface area contributed by atoms with Crippen molar-refractivity contribution in [3.05, 3.63) is 58.6 Å². The molecule has 1 aliphatic rings. The molecule has 0 radical (unpaired) electrons. The van der Waals surface area contributed by atoms with E-state index in [4.69, 9.17) is 12.2 Å². The Labute approximate surface area is 158 Å². The summed E-state index contributed by atoms with van der Waals surface area (Å²) in [6, 6.07) is 14.6. The molecule has 1 heterocycles. The molecule has 126 valence electrons. The zero-order valence-corrected chi connectivity index (χ0v) is 15.7. The molecule has 0 spiro atoms. The number of nitrogens with zero attached hydrogens (tertiary/aromatic N) is 2. The Morgan fingerprint density at radius 3 is 2.60 bits per heavy atom. The number of hydrogen-bond acceptors (Lipinski definition) is 4. The Hall–Kier alpha value is -2.38. The molecular weight excluding hydrogens is 402 g/mol. The molecule has 2 aromatic carbocycles. The molecule has 25 heavy (non-hydrogen) atoms. The van der Waals surface area contributed by atoms with Gasteiger partial charge < -0.3 is 5.32 Å². The Morgan fingerprint density at radius 2 is 1.92 bits per heavy atom. The average molecular weight is 416 g/mol. The first kappa shape index (κ1) is 17.4. The number of amides is 2. The lowest BCUT2D eigenvalue weighted by atomic mass is 10.1. The molecule has 0 aromatic heterocycles. The van der Waals surface area contributed by atoms with Crippen LogP contribution in [-0.4, -0.2) is 23.1 Å². The minimum absolute atomic E-state index is 0.0672. The third kappa shape index (κ3) is 3.83. The van der Waals surface area contributed by atoms with Crippen LogP contribution in [-0.2, 0) is 9.59 Å². The summed E-state index contributed by atoms with van der Waals surface area (Å²) in [5.74, 6) is -1.93. The Kier molecular flexibility index (Phi) is 5.06. The number of nitrogens with one attached hydrogen (secondary N) is 1. The number of rotatable bonds is 3. The van der Waals surface area contributed by atoms with Crippen molar-refractivity contribution in [2.24, 2.45) is 10.9 Å². The molecule has 2 aromatic rings. The molecule has 2 amide bonds. The largest absolute Gasteiger partial charge is 0.301 e. The monoisotopic (exact) mass is 415 g/mol. The van der Waals surface area contributed by atoms with Crippen molar-refractivity contribution in [1.82, 2.24) is 5.32 Å². The van der Waals surface area contributed by atoms with E-state index in [9.17, 15) is 9.59 Å². The van der Waals surface area contributed by atoms with E-state index in [0.717, 1.165) is 10.0 Å². The van der Waals surface area contributed by atoms with Crippen molar-refractivity contribution < 1.29 is 9.59 Å². The smallest absolute Gasteiger partial charge is 0.251 e. The van der Waals surface area contributed by atoms with Crippen molar-refractivity contribution in [2.75, 3.05) is 4.90 Å². The van der Waals surface area contributed by atoms with Gasteiger partial charge in [-0.3, -0.25) is 19.5 Å². The third-order valence-corrected chi connectivity index (χ3v) is 4.47. The van der Waals surface area contributed by atoms with Crippen LogP contribution < -0.4 is 10.2 Å². The molecule has 1 N–H and O–H groups in total. The van der Waals surface area contributed by atoms with Crippen LogP contribution in [0.3, 0.4) is 0 Å². The van der Waals surface area contributed by atoms with E-state index in [1.54, 1.807) is 24.3 Å². The lowest BCUT2D eigenvalue weighted by Gasteiger charge is -2.30. The first-order valence-electron chi connectivity index (χ1n) is 7.51. The first-order valence-corrected chi connectivity index (χ1v) is 8.71. The van der Waals surface area contributed by atoms with E-state index in [1.165, 1.54) is 11.1 Å². The number of carbonyl (C=O) groups is 2. The summed E-state index contributed by atoms with van der Waals surface area (Å²) in [4.78, 5) is 30.6. The van der Waals surface area contributed by atoms with Crippen molar-refractivity contribution in [3.8, 4) is 0 Å². The fraction of sp³-hybridized carbons (Fsp3) is 0.111. The summed E-state index contributed by atoms with van der Waals surface area (Å²) >= 11 is 8.51. The van der Waals surface area contributed by atoms with Crippen molar-refractivity contribution in [1.29, 1.82) is 0 Å². The minimum Gasteiger partial charge on any atom is -0.301 e. The lowest BCUT2D eigenvalue weighted by Crippen LogP contribution is -2.58. The Bertz CT molecular complexity index is 880. The fourth-order valence-electron chi connectivity index (χ4n) is 2.43. The average Bonchev–Trinajstić information content (AvgIpc) is 2.56. The highest BCUT2D eigenvalue weighted by Crippen LogP contribution is 2.23. The van der Waals surface area contributed by atoms with E-state index in [1.807, 2.05) is 31.2 Å². The second-order valence-electron chi connectivity index (χ2n) is 5.54. The standard InChI is InChI=1S/C18H14BrN3O2S/c1-11-3-2-4-13(9-11)20-10-15-16(23)21-18(25)22(17(15)24)14-7-5-12(19)6-8-14/h2-10,15H,1H3,(H,21,23,25)/t15-/m0/s1. The molecule has 0 bridgehead atoms. The molecule has 1 fully saturated rings. The lowest BCUT2D eigenvalue weighted by molar-refractivity contribution is -0.130. The summed E-state index contributed by atoms with van der Waals surface area (Å²) in [7, 11) is 0. The number of carbonyl (C=O) groups excluding carboxylic acids is 2. The van der Waals surface area contributed by atoms with Gasteiger partial charge in [-0.25, -0.2) is 0 Å². The van der Waals surface area contributed by atoms with Gasteiger partial charge in [0, 0.05) is 10.7 Å².